The lowest BCUT2D eigenvalue weighted by molar-refractivity contribution is -0.133. The van der Waals surface area contributed by atoms with Gasteiger partial charge in [0.15, 0.2) is 0 Å². The Bertz CT molecular complexity index is 268. The van der Waals surface area contributed by atoms with Crippen molar-refractivity contribution >= 4 is 11.8 Å². The minimum atomic E-state index is -0.260. The number of nitrogens with one attached hydrogen (secondary N) is 2. The first-order chi connectivity index (χ1) is 7.56. The van der Waals surface area contributed by atoms with E-state index in [1.54, 1.807) is 14.0 Å². The van der Waals surface area contributed by atoms with Crippen LogP contribution in [0.25, 0.3) is 0 Å². The Kier molecular flexibility index (Phi) is 4.73. The fourth-order valence-electron chi connectivity index (χ4n) is 1.85. The maximum absolute atomic E-state index is 11.8. The Labute approximate surface area is 96.6 Å². The molecule has 0 saturated carbocycles. The predicted molar refractivity (Wildman–Crippen MR) is 61.9 cm³/mol. The minimum absolute atomic E-state index is 0.0154. The molecule has 0 spiro atoms. The highest BCUT2D eigenvalue weighted by atomic mass is 16.2. The summed E-state index contributed by atoms with van der Waals surface area (Å²) < 4.78 is 0. The molecule has 2 amide bonds. The molecule has 0 aromatic heterocycles. The van der Waals surface area contributed by atoms with E-state index in [-0.39, 0.29) is 24.4 Å². The van der Waals surface area contributed by atoms with E-state index < -0.39 is 0 Å². The predicted octanol–water partition coefficient (Wildman–Crippen LogP) is -0.279. The topological polar surface area (TPSA) is 61.4 Å². The number of rotatable bonds is 4. The molecule has 0 aliphatic carbocycles. The molecule has 1 rings (SSSR count). The second-order valence-corrected chi connectivity index (χ2v) is 4.31. The van der Waals surface area contributed by atoms with E-state index in [4.69, 9.17) is 0 Å². The van der Waals surface area contributed by atoms with Gasteiger partial charge in [0.1, 0.15) is 0 Å². The Morgan fingerprint density at radius 3 is 2.69 bits per heavy atom. The van der Waals surface area contributed by atoms with Crippen LogP contribution in [0.5, 0.6) is 0 Å². The van der Waals surface area contributed by atoms with Gasteiger partial charge in [0.2, 0.25) is 11.8 Å². The van der Waals surface area contributed by atoms with E-state index in [1.807, 2.05) is 11.8 Å². The molecule has 1 aliphatic rings. The quantitative estimate of drug-likeness (QED) is 0.694. The van der Waals surface area contributed by atoms with Crippen molar-refractivity contribution in [2.24, 2.45) is 0 Å². The third kappa shape index (κ3) is 3.20. The highest BCUT2D eigenvalue weighted by molar-refractivity contribution is 5.87. The summed E-state index contributed by atoms with van der Waals surface area (Å²) in [6, 6.07) is 0.0509. The zero-order valence-corrected chi connectivity index (χ0v) is 10.2. The monoisotopic (exact) mass is 227 g/mol. The molecule has 16 heavy (non-hydrogen) atoms. The second kappa shape index (κ2) is 5.84. The van der Waals surface area contributed by atoms with Crippen molar-refractivity contribution in [2.75, 3.05) is 20.1 Å². The van der Waals surface area contributed by atoms with Crippen LogP contribution >= 0.6 is 0 Å². The zero-order valence-electron chi connectivity index (χ0n) is 10.2. The molecular formula is C11H21N3O2. The Balaban J connectivity index is 2.32. The maximum atomic E-state index is 11.8. The first-order valence-electron chi connectivity index (χ1n) is 5.80. The van der Waals surface area contributed by atoms with Gasteiger partial charge in [-0.25, -0.2) is 0 Å². The van der Waals surface area contributed by atoms with Crippen LogP contribution in [0, 0.1) is 0 Å². The van der Waals surface area contributed by atoms with Gasteiger partial charge < -0.3 is 15.5 Å². The second-order valence-electron chi connectivity index (χ2n) is 4.31. The highest BCUT2D eigenvalue weighted by Crippen LogP contribution is 2.15. The average Bonchev–Trinajstić information content (AvgIpc) is 2.70. The van der Waals surface area contributed by atoms with Gasteiger partial charge in [0.25, 0.3) is 0 Å². The average molecular weight is 227 g/mol. The SMILES string of the molecule is CN[C@@H](C)C(=O)NCC(=O)N1CCC[C@H]1C. The van der Waals surface area contributed by atoms with Crippen LogP contribution in [-0.2, 0) is 9.59 Å². The molecule has 5 nitrogen and oxygen atoms in total. The van der Waals surface area contributed by atoms with Crippen molar-refractivity contribution in [2.45, 2.75) is 38.8 Å². The largest absolute Gasteiger partial charge is 0.346 e. The number of nitrogens with zero attached hydrogens (tertiary/aromatic N) is 1. The van der Waals surface area contributed by atoms with Gasteiger partial charge in [0, 0.05) is 12.6 Å². The van der Waals surface area contributed by atoms with Gasteiger partial charge in [-0.05, 0) is 33.7 Å². The van der Waals surface area contributed by atoms with Gasteiger partial charge in [-0.15, -0.1) is 0 Å². The number of likely N-dealkylation sites (N-methyl/N-ethyl adjacent to an activating group) is 1. The Morgan fingerprint density at radius 1 is 1.50 bits per heavy atom. The number of carbonyl (C=O) groups excluding carboxylic acids is 2. The third-order valence-corrected chi connectivity index (χ3v) is 3.11. The lowest BCUT2D eigenvalue weighted by atomic mass is 10.2. The normalized spacial score (nSPS) is 21.9. The van der Waals surface area contributed by atoms with Crippen molar-refractivity contribution in [3.63, 3.8) is 0 Å². The zero-order chi connectivity index (χ0) is 12.1. The fourth-order valence-corrected chi connectivity index (χ4v) is 1.85. The maximum Gasteiger partial charge on any atom is 0.242 e. The van der Waals surface area contributed by atoms with E-state index in [2.05, 4.69) is 10.6 Å². The summed E-state index contributed by atoms with van der Waals surface area (Å²) in [4.78, 5) is 25.0. The lowest BCUT2D eigenvalue weighted by Gasteiger charge is -2.22. The van der Waals surface area contributed by atoms with E-state index in [0.717, 1.165) is 19.4 Å². The van der Waals surface area contributed by atoms with Crippen LogP contribution in [0.3, 0.4) is 0 Å². The molecule has 0 unspecified atom stereocenters. The molecule has 1 saturated heterocycles. The van der Waals surface area contributed by atoms with E-state index in [1.165, 1.54) is 0 Å². The molecule has 1 aliphatic heterocycles. The van der Waals surface area contributed by atoms with Crippen molar-refractivity contribution in [3.05, 3.63) is 0 Å². The molecule has 0 bridgehead atoms. The van der Waals surface area contributed by atoms with E-state index >= 15 is 0 Å². The first kappa shape index (κ1) is 13.0. The summed E-state index contributed by atoms with van der Waals surface area (Å²) in [6.45, 7) is 4.73. The van der Waals surface area contributed by atoms with Gasteiger partial charge in [-0.1, -0.05) is 0 Å². The standard InChI is InChI=1S/C11H21N3O2/c1-8-5-4-6-14(8)10(15)7-13-11(16)9(2)12-3/h8-9,12H,4-7H2,1-3H3,(H,13,16)/t8-,9+/m1/s1. The summed E-state index contributed by atoms with van der Waals surface area (Å²) in [5, 5.41) is 5.47. The van der Waals surface area contributed by atoms with Crippen molar-refractivity contribution in [1.82, 2.24) is 15.5 Å². The fraction of sp³-hybridized carbons (Fsp3) is 0.818. The third-order valence-electron chi connectivity index (χ3n) is 3.11. The van der Waals surface area contributed by atoms with Crippen LogP contribution in [0.1, 0.15) is 26.7 Å². The lowest BCUT2D eigenvalue weighted by Crippen LogP contribution is -2.46. The number of hydrogen-bond donors (Lipinski definition) is 2. The molecule has 1 fully saturated rings. The van der Waals surface area contributed by atoms with Gasteiger partial charge in [-0.2, -0.15) is 0 Å². The van der Waals surface area contributed by atoms with Crippen molar-refractivity contribution in [1.29, 1.82) is 0 Å². The molecule has 0 radical (unpaired) electrons. The summed E-state index contributed by atoms with van der Waals surface area (Å²) in [5.74, 6) is -0.121. The van der Waals surface area contributed by atoms with Gasteiger partial charge in [-0.3, -0.25) is 9.59 Å². The molecule has 92 valence electrons. The van der Waals surface area contributed by atoms with Crippen LogP contribution in [0.15, 0.2) is 0 Å². The Hall–Kier alpha value is -1.10. The van der Waals surface area contributed by atoms with Crippen molar-refractivity contribution in [3.8, 4) is 0 Å². The van der Waals surface area contributed by atoms with Crippen LogP contribution in [0.4, 0.5) is 0 Å². The molecule has 2 N–H and O–H groups in total. The van der Waals surface area contributed by atoms with Crippen LogP contribution in [0.2, 0.25) is 0 Å². The van der Waals surface area contributed by atoms with E-state index in [0.29, 0.717) is 6.04 Å². The molecule has 1 heterocycles. The highest BCUT2D eigenvalue weighted by Gasteiger charge is 2.25. The number of amides is 2. The number of carbonyl (C=O) groups is 2. The summed E-state index contributed by atoms with van der Waals surface area (Å²) >= 11 is 0. The smallest absolute Gasteiger partial charge is 0.242 e. The van der Waals surface area contributed by atoms with E-state index in [9.17, 15) is 9.59 Å². The molecule has 5 heteroatoms. The minimum Gasteiger partial charge on any atom is -0.346 e. The molecule has 2 atom stereocenters. The first-order valence-corrected chi connectivity index (χ1v) is 5.80. The molecule has 0 aromatic carbocycles. The summed E-state index contributed by atoms with van der Waals surface area (Å²) in [6.07, 6.45) is 2.13. The van der Waals surface area contributed by atoms with Crippen LogP contribution < -0.4 is 10.6 Å². The van der Waals surface area contributed by atoms with Crippen LogP contribution in [-0.4, -0.2) is 48.9 Å². The Morgan fingerprint density at radius 2 is 2.19 bits per heavy atom. The summed E-state index contributed by atoms with van der Waals surface area (Å²) in [5.41, 5.74) is 0. The summed E-state index contributed by atoms with van der Waals surface area (Å²) in [7, 11) is 1.72. The molecular weight excluding hydrogens is 206 g/mol. The molecule has 0 aromatic rings. The number of hydrogen-bond acceptors (Lipinski definition) is 3. The van der Waals surface area contributed by atoms with Crippen molar-refractivity contribution < 1.29 is 9.59 Å². The van der Waals surface area contributed by atoms with Gasteiger partial charge >= 0.3 is 0 Å². The number of likely N-dealkylation sites (tertiary alicyclic amines) is 1. The van der Waals surface area contributed by atoms with Gasteiger partial charge in [0.05, 0.1) is 12.6 Å².